The number of carbonyl (C=O) groups is 1. The topological polar surface area (TPSA) is 52.3 Å². The molecule has 0 bridgehead atoms. The summed E-state index contributed by atoms with van der Waals surface area (Å²) in [6.07, 6.45) is 2.37. The Hall–Kier alpha value is -1.35. The predicted octanol–water partition coefficient (Wildman–Crippen LogP) is 1.68. The Bertz CT molecular complexity index is 346. The van der Waals surface area contributed by atoms with Crippen LogP contribution >= 0.6 is 0 Å². The predicted molar refractivity (Wildman–Crippen MR) is 61.9 cm³/mol. The van der Waals surface area contributed by atoms with E-state index >= 15 is 0 Å². The van der Waals surface area contributed by atoms with Crippen LogP contribution in [0, 0.1) is 5.92 Å². The van der Waals surface area contributed by atoms with Crippen molar-refractivity contribution in [2.45, 2.75) is 18.8 Å². The van der Waals surface area contributed by atoms with Crippen molar-refractivity contribution in [1.29, 1.82) is 0 Å². The van der Waals surface area contributed by atoms with E-state index < -0.39 is 0 Å². The van der Waals surface area contributed by atoms with E-state index in [9.17, 15) is 4.79 Å². The highest BCUT2D eigenvalue weighted by molar-refractivity contribution is 5.78. The van der Waals surface area contributed by atoms with Crippen molar-refractivity contribution in [2.24, 2.45) is 11.7 Å². The molecule has 3 heteroatoms. The molecule has 1 unspecified atom stereocenters. The van der Waals surface area contributed by atoms with Gasteiger partial charge in [0.15, 0.2) is 0 Å². The molecule has 1 aliphatic rings. The van der Waals surface area contributed by atoms with Crippen molar-refractivity contribution in [2.75, 3.05) is 13.2 Å². The molecule has 0 radical (unpaired) electrons. The minimum Gasteiger partial charge on any atom is -0.465 e. The molecule has 1 saturated carbocycles. The molecule has 0 amide bonds. The third kappa shape index (κ3) is 2.83. The molecule has 16 heavy (non-hydrogen) atoms. The molecule has 0 spiro atoms. The molecule has 1 aromatic rings. The van der Waals surface area contributed by atoms with Crippen molar-refractivity contribution >= 4 is 5.97 Å². The second-order valence-corrected chi connectivity index (χ2v) is 4.27. The largest absolute Gasteiger partial charge is 0.465 e. The summed E-state index contributed by atoms with van der Waals surface area (Å²) < 4.78 is 5.25. The zero-order valence-corrected chi connectivity index (χ0v) is 9.26. The number of benzene rings is 1. The van der Waals surface area contributed by atoms with Crippen molar-refractivity contribution in [3.63, 3.8) is 0 Å². The molecule has 86 valence electrons. The van der Waals surface area contributed by atoms with Gasteiger partial charge >= 0.3 is 5.97 Å². The Kier molecular flexibility index (Phi) is 3.57. The SMILES string of the molecule is NCC(C(=O)OCC1CC1)c1ccccc1. The lowest BCUT2D eigenvalue weighted by atomic mass is 10.00. The van der Waals surface area contributed by atoms with Gasteiger partial charge in [-0.15, -0.1) is 0 Å². The third-order valence-electron chi connectivity index (χ3n) is 2.88. The highest BCUT2D eigenvalue weighted by Crippen LogP contribution is 2.29. The van der Waals surface area contributed by atoms with Gasteiger partial charge in [-0.25, -0.2) is 0 Å². The number of ether oxygens (including phenoxy) is 1. The Morgan fingerprint density at radius 3 is 2.62 bits per heavy atom. The molecule has 1 aromatic carbocycles. The van der Waals surface area contributed by atoms with E-state index in [0.29, 0.717) is 19.1 Å². The van der Waals surface area contributed by atoms with E-state index in [1.807, 2.05) is 30.3 Å². The Balaban J connectivity index is 1.95. The zero-order valence-electron chi connectivity index (χ0n) is 9.26. The van der Waals surface area contributed by atoms with E-state index in [1.54, 1.807) is 0 Å². The lowest BCUT2D eigenvalue weighted by molar-refractivity contribution is -0.145. The minimum absolute atomic E-state index is 0.194. The first-order valence-electron chi connectivity index (χ1n) is 5.73. The molecule has 0 heterocycles. The summed E-state index contributed by atoms with van der Waals surface area (Å²) in [5.41, 5.74) is 6.56. The molecule has 0 aliphatic heterocycles. The fourth-order valence-corrected chi connectivity index (χ4v) is 1.64. The minimum atomic E-state index is -0.319. The Labute approximate surface area is 95.6 Å². The molecule has 2 rings (SSSR count). The highest BCUT2D eigenvalue weighted by Gasteiger charge is 2.26. The lowest BCUT2D eigenvalue weighted by Gasteiger charge is -2.14. The first-order chi connectivity index (χ1) is 7.81. The molecular formula is C13H17NO2. The van der Waals surface area contributed by atoms with E-state index in [2.05, 4.69) is 0 Å². The third-order valence-corrected chi connectivity index (χ3v) is 2.88. The Morgan fingerprint density at radius 1 is 1.38 bits per heavy atom. The molecular weight excluding hydrogens is 202 g/mol. The van der Waals surface area contributed by atoms with E-state index in [0.717, 1.165) is 5.56 Å². The van der Waals surface area contributed by atoms with Gasteiger partial charge in [0.2, 0.25) is 0 Å². The van der Waals surface area contributed by atoms with Gasteiger partial charge in [-0.1, -0.05) is 30.3 Å². The van der Waals surface area contributed by atoms with Crippen LogP contribution in [0.2, 0.25) is 0 Å². The van der Waals surface area contributed by atoms with Crippen molar-refractivity contribution in [3.8, 4) is 0 Å². The summed E-state index contributed by atoms with van der Waals surface area (Å²) in [4.78, 5) is 11.8. The number of nitrogens with two attached hydrogens (primary N) is 1. The van der Waals surface area contributed by atoms with Gasteiger partial charge in [-0.3, -0.25) is 4.79 Å². The summed E-state index contributed by atoms with van der Waals surface area (Å²) in [5, 5.41) is 0. The van der Waals surface area contributed by atoms with E-state index in [4.69, 9.17) is 10.5 Å². The van der Waals surface area contributed by atoms with Gasteiger partial charge in [0.05, 0.1) is 12.5 Å². The van der Waals surface area contributed by atoms with Crippen LogP contribution < -0.4 is 5.73 Å². The van der Waals surface area contributed by atoms with Crippen LogP contribution in [0.4, 0.5) is 0 Å². The van der Waals surface area contributed by atoms with Crippen LogP contribution in [0.1, 0.15) is 24.3 Å². The van der Waals surface area contributed by atoms with Crippen LogP contribution in [0.25, 0.3) is 0 Å². The van der Waals surface area contributed by atoms with Gasteiger partial charge in [-0.05, 0) is 24.3 Å². The van der Waals surface area contributed by atoms with Crippen LogP contribution in [0.3, 0.4) is 0 Å². The molecule has 0 saturated heterocycles. The quantitative estimate of drug-likeness (QED) is 0.767. The second kappa shape index (κ2) is 5.12. The summed E-state index contributed by atoms with van der Waals surface area (Å²) in [6.45, 7) is 0.857. The molecule has 1 fully saturated rings. The van der Waals surface area contributed by atoms with Crippen LogP contribution in [0.5, 0.6) is 0 Å². The zero-order chi connectivity index (χ0) is 11.4. The molecule has 1 atom stereocenters. The monoisotopic (exact) mass is 219 g/mol. The highest BCUT2D eigenvalue weighted by atomic mass is 16.5. The van der Waals surface area contributed by atoms with Gasteiger partial charge < -0.3 is 10.5 Å². The summed E-state index contributed by atoms with van der Waals surface area (Å²) in [7, 11) is 0. The first-order valence-corrected chi connectivity index (χ1v) is 5.73. The summed E-state index contributed by atoms with van der Waals surface area (Å²) >= 11 is 0. The van der Waals surface area contributed by atoms with Crippen molar-refractivity contribution < 1.29 is 9.53 Å². The standard InChI is InChI=1S/C13H17NO2/c14-8-12(11-4-2-1-3-5-11)13(15)16-9-10-6-7-10/h1-5,10,12H,6-9,14H2. The number of hydrogen-bond acceptors (Lipinski definition) is 3. The van der Waals surface area contributed by atoms with Gasteiger partial charge in [0.25, 0.3) is 0 Å². The summed E-state index contributed by atoms with van der Waals surface area (Å²) in [6, 6.07) is 9.57. The van der Waals surface area contributed by atoms with E-state index in [1.165, 1.54) is 12.8 Å². The van der Waals surface area contributed by atoms with Crippen LogP contribution in [-0.2, 0) is 9.53 Å². The van der Waals surface area contributed by atoms with Gasteiger partial charge in [0, 0.05) is 6.54 Å². The average molecular weight is 219 g/mol. The van der Waals surface area contributed by atoms with Crippen LogP contribution in [-0.4, -0.2) is 19.1 Å². The molecule has 0 aromatic heterocycles. The number of rotatable bonds is 5. The lowest BCUT2D eigenvalue weighted by Crippen LogP contribution is -2.24. The van der Waals surface area contributed by atoms with Crippen molar-refractivity contribution in [3.05, 3.63) is 35.9 Å². The fraction of sp³-hybridized carbons (Fsp3) is 0.462. The smallest absolute Gasteiger partial charge is 0.314 e. The molecule has 1 aliphatic carbocycles. The maximum Gasteiger partial charge on any atom is 0.314 e. The van der Waals surface area contributed by atoms with Crippen molar-refractivity contribution in [1.82, 2.24) is 0 Å². The van der Waals surface area contributed by atoms with Gasteiger partial charge in [0.1, 0.15) is 0 Å². The molecule has 2 N–H and O–H groups in total. The van der Waals surface area contributed by atoms with Gasteiger partial charge in [-0.2, -0.15) is 0 Å². The maximum atomic E-state index is 11.8. The maximum absolute atomic E-state index is 11.8. The average Bonchev–Trinajstić information content (AvgIpc) is 3.13. The normalized spacial score (nSPS) is 16.8. The molecule has 3 nitrogen and oxygen atoms in total. The Morgan fingerprint density at radius 2 is 2.06 bits per heavy atom. The van der Waals surface area contributed by atoms with E-state index in [-0.39, 0.29) is 11.9 Å². The number of hydrogen-bond donors (Lipinski definition) is 1. The fourth-order valence-electron chi connectivity index (χ4n) is 1.64. The van der Waals surface area contributed by atoms with Crippen LogP contribution in [0.15, 0.2) is 30.3 Å². The first kappa shape index (κ1) is 11.1. The number of esters is 1. The second-order valence-electron chi connectivity index (χ2n) is 4.27. The number of carbonyl (C=O) groups excluding carboxylic acids is 1. The summed E-state index contributed by atoms with van der Waals surface area (Å²) in [5.74, 6) is 0.0821.